The summed E-state index contributed by atoms with van der Waals surface area (Å²) in [5.41, 5.74) is 0. The Morgan fingerprint density at radius 1 is 0.417 bits per heavy atom. The number of carbonyl (C=O) groups excluding carboxylic acids is 1. The van der Waals surface area contributed by atoms with Crippen LogP contribution in [0.5, 0.6) is 0 Å². The lowest BCUT2D eigenvalue weighted by Crippen LogP contribution is -2.28. The zero-order chi connectivity index (χ0) is 26.5. The van der Waals surface area contributed by atoms with Gasteiger partial charge in [-0.15, -0.1) is 0 Å². The van der Waals surface area contributed by atoms with E-state index >= 15 is 0 Å². The minimum atomic E-state index is -0.275. The van der Waals surface area contributed by atoms with Gasteiger partial charge in [0.05, 0.1) is 13.2 Å². The largest absolute Gasteiger partial charge is 0.396 e. The van der Waals surface area contributed by atoms with Crippen LogP contribution in [0, 0.1) is 11.8 Å². The summed E-state index contributed by atoms with van der Waals surface area (Å²) < 4.78 is 0. The van der Waals surface area contributed by atoms with Gasteiger partial charge < -0.3 is 10.2 Å². The highest BCUT2D eigenvalue weighted by atomic mass is 16.3. The highest BCUT2D eigenvalue weighted by Crippen LogP contribution is 2.21. The Bertz CT molecular complexity index is 399. The van der Waals surface area contributed by atoms with E-state index in [2.05, 4.69) is 13.8 Å². The van der Waals surface area contributed by atoms with Crippen molar-refractivity contribution >= 4 is 5.78 Å². The first-order valence-electron chi connectivity index (χ1n) is 16.5. The van der Waals surface area contributed by atoms with Gasteiger partial charge in [0.2, 0.25) is 0 Å². The van der Waals surface area contributed by atoms with Crippen molar-refractivity contribution in [1.82, 2.24) is 0 Å². The first kappa shape index (κ1) is 35.6. The van der Waals surface area contributed by atoms with Crippen LogP contribution in [-0.2, 0) is 4.79 Å². The molecule has 2 N–H and O–H groups in total. The molecule has 0 aromatic heterocycles. The van der Waals surface area contributed by atoms with Crippen LogP contribution in [0.3, 0.4) is 0 Å². The van der Waals surface area contributed by atoms with Crippen LogP contribution in [0.4, 0.5) is 0 Å². The number of hydrogen-bond acceptors (Lipinski definition) is 3. The second-order valence-electron chi connectivity index (χ2n) is 11.5. The summed E-state index contributed by atoms with van der Waals surface area (Å²) in [6.45, 7) is 4.41. The third-order valence-electron chi connectivity index (χ3n) is 8.06. The molecule has 2 unspecified atom stereocenters. The summed E-state index contributed by atoms with van der Waals surface area (Å²) in [5, 5.41) is 19.6. The Balaban J connectivity index is 3.72. The van der Waals surface area contributed by atoms with Gasteiger partial charge in [0.25, 0.3) is 0 Å². The molecule has 0 radical (unpaired) electrons. The number of aliphatic hydroxyl groups excluding tert-OH is 2. The van der Waals surface area contributed by atoms with Crippen LogP contribution >= 0.6 is 0 Å². The van der Waals surface area contributed by atoms with E-state index in [1.165, 1.54) is 128 Å². The molecule has 0 heterocycles. The van der Waals surface area contributed by atoms with Crippen LogP contribution in [0.25, 0.3) is 0 Å². The second kappa shape index (κ2) is 29.2. The van der Waals surface area contributed by atoms with Crippen LogP contribution in [0.2, 0.25) is 0 Å². The topological polar surface area (TPSA) is 57.5 Å². The molecule has 0 fully saturated rings. The monoisotopic (exact) mass is 511 g/mol. The Hall–Kier alpha value is -0.410. The summed E-state index contributed by atoms with van der Waals surface area (Å²) in [4.78, 5) is 12.9. The lowest BCUT2D eigenvalue weighted by Gasteiger charge is -2.19. The maximum atomic E-state index is 12.9. The standard InChI is InChI=1S/C33H66O3/c1-3-5-7-9-11-13-15-17-19-21-23-25-27-31(29-34)33(36)32(30-35)28-26-24-22-20-18-16-14-12-10-8-6-4-2/h31-32,34-35H,3-30H2,1-2H3. The Kier molecular flexibility index (Phi) is 28.8. The summed E-state index contributed by atoms with van der Waals surface area (Å²) in [6, 6.07) is 0. The minimum Gasteiger partial charge on any atom is -0.396 e. The van der Waals surface area contributed by atoms with Crippen molar-refractivity contribution in [3.63, 3.8) is 0 Å². The van der Waals surface area contributed by atoms with E-state index in [-0.39, 0.29) is 30.8 Å². The predicted molar refractivity (Wildman–Crippen MR) is 158 cm³/mol. The third kappa shape index (κ3) is 22.8. The van der Waals surface area contributed by atoms with E-state index in [1.807, 2.05) is 0 Å². The number of Topliss-reactive ketones (excluding diaryl/α,β-unsaturated/α-hetero) is 1. The number of hydrogen-bond donors (Lipinski definition) is 2. The van der Waals surface area contributed by atoms with Gasteiger partial charge in [0, 0.05) is 11.8 Å². The number of carbonyl (C=O) groups is 1. The fourth-order valence-electron chi connectivity index (χ4n) is 5.44. The summed E-state index contributed by atoms with van der Waals surface area (Å²) in [7, 11) is 0. The van der Waals surface area contributed by atoms with Crippen LogP contribution in [-0.4, -0.2) is 29.2 Å². The van der Waals surface area contributed by atoms with Crippen molar-refractivity contribution < 1.29 is 15.0 Å². The van der Waals surface area contributed by atoms with Crippen molar-refractivity contribution in [1.29, 1.82) is 0 Å². The fraction of sp³-hybridized carbons (Fsp3) is 0.970. The molecule has 0 rings (SSSR count). The molecule has 0 amide bonds. The molecule has 2 atom stereocenters. The first-order chi connectivity index (χ1) is 17.7. The molecule has 0 saturated heterocycles. The summed E-state index contributed by atoms with van der Waals surface area (Å²) in [6.07, 6.45) is 32.9. The van der Waals surface area contributed by atoms with Gasteiger partial charge >= 0.3 is 0 Å². The lowest BCUT2D eigenvalue weighted by molar-refractivity contribution is -0.129. The number of ketones is 1. The number of aliphatic hydroxyl groups is 2. The Labute approximate surface area is 226 Å². The maximum Gasteiger partial charge on any atom is 0.143 e. The van der Waals surface area contributed by atoms with Gasteiger partial charge in [-0.05, 0) is 12.8 Å². The van der Waals surface area contributed by atoms with Gasteiger partial charge in [-0.2, -0.15) is 0 Å². The van der Waals surface area contributed by atoms with Crippen molar-refractivity contribution in [3.8, 4) is 0 Å². The number of rotatable bonds is 30. The zero-order valence-electron chi connectivity index (χ0n) is 24.8. The molecule has 0 spiro atoms. The van der Waals surface area contributed by atoms with Crippen LogP contribution in [0.1, 0.15) is 181 Å². The molecular weight excluding hydrogens is 444 g/mol. The van der Waals surface area contributed by atoms with E-state index in [0.717, 1.165) is 38.5 Å². The molecule has 0 aromatic carbocycles. The molecule has 0 bridgehead atoms. The Morgan fingerprint density at radius 2 is 0.639 bits per heavy atom. The van der Waals surface area contributed by atoms with Gasteiger partial charge in [0.15, 0.2) is 0 Å². The van der Waals surface area contributed by atoms with E-state index in [4.69, 9.17) is 0 Å². The SMILES string of the molecule is CCCCCCCCCCCCCCC(CO)C(=O)C(CO)CCCCCCCCCCCCCC. The predicted octanol–water partition coefficient (Wildman–Crippen LogP) is 9.95. The molecule has 0 saturated carbocycles. The molecule has 3 heteroatoms. The third-order valence-corrected chi connectivity index (χ3v) is 8.06. The smallest absolute Gasteiger partial charge is 0.143 e. The minimum absolute atomic E-state index is 0.0637. The maximum absolute atomic E-state index is 12.9. The average Bonchev–Trinajstić information content (AvgIpc) is 2.89. The quantitative estimate of drug-likeness (QED) is 0.0945. The Morgan fingerprint density at radius 3 is 0.861 bits per heavy atom. The average molecular weight is 511 g/mol. The molecule has 0 aliphatic rings. The molecule has 0 aromatic rings. The van der Waals surface area contributed by atoms with Crippen molar-refractivity contribution in [2.24, 2.45) is 11.8 Å². The second-order valence-corrected chi connectivity index (χ2v) is 11.5. The van der Waals surface area contributed by atoms with Crippen molar-refractivity contribution in [2.75, 3.05) is 13.2 Å². The highest BCUT2D eigenvalue weighted by molar-refractivity contribution is 5.83. The van der Waals surface area contributed by atoms with Crippen molar-refractivity contribution in [2.45, 2.75) is 181 Å². The van der Waals surface area contributed by atoms with Crippen molar-refractivity contribution in [3.05, 3.63) is 0 Å². The molecular formula is C33H66O3. The van der Waals surface area contributed by atoms with Gasteiger partial charge in [0.1, 0.15) is 5.78 Å². The number of unbranched alkanes of at least 4 members (excludes halogenated alkanes) is 22. The highest BCUT2D eigenvalue weighted by Gasteiger charge is 2.25. The van der Waals surface area contributed by atoms with Crippen LogP contribution in [0.15, 0.2) is 0 Å². The molecule has 3 nitrogen and oxygen atoms in total. The van der Waals surface area contributed by atoms with E-state index in [9.17, 15) is 15.0 Å². The normalized spacial score (nSPS) is 13.2. The summed E-state index contributed by atoms with van der Waals surface area (Å²) in [5.74, 6) is -0.448. The lowest BCUT2D eigenvalue weighted by atomic mass is 9.86. The molecule has 216 valence electrons. The summed E-state index contributed by atoms with van der Waals surface area (Å²) >= 11 is 0. The van der Waals surface area contributed by atoms with Gasteiger partial charge in [-0.25, -0.2) is 0 Å². The zero-order valence-corrected chi connectivity index (χ0v) is 24.8. The molecule has 0 aliphatic carbocycles. The fourth-order valence-corrected chi connectivity index (χ4v) is 5.44. The molecule has 36 heavy (non-hydrogen) atoms. The van der Waals surface area contributed by atoms with E-state index in [1.54, 1.807) is 0 Å². The first-order valence-corrected chi connectivity index (χ1v) is 16.5. The van der Waals surface area contributed by atoms with Gasteiger partial charge in [-0.3, -0.25) is 4.79 Å². The van der Waals surface area contributed by atoms with Crippen LogP contribution < -0.4 is 0 Å². The van der Waals surface area contributed by atoms with E-state index in [0.29, 0.717) is 0 Å². The van der Waals surface area contributed by atoms with Gasteiger partial charge in [-0.1, -0.05) is 168 Å². The van der Waals surface area contributed by atoms with E-state index < -0.39 is 0 Å². The molecule has 0 aliphatic heterocycles.